The maximum Gasteiger partial charge on any atom is 0.305 e. The minimum atomic E-state index is -1.53. The van der Waals surface area contributed by atoms with Gasteiger partial charge in [-0.1, -0.05) is 26.0 Å². The van der Waals surface area contributed by atoms with Crippen molar-refractivity contribution in [2.24, 2.45) is 22.4 Å². The molecule has 2 aliphatic heterocycles. The van der Waals surface area contributed by atoms with Crippen LogP contribution in [0, 0.1) is 5.92 Å². The van der Waals surface area contributed by atoms with Crippen molar-refractivity contribution < 1.29 is 39.0 Å². The van der Waals surface area contributed by atoms with Gasteiger partial charge >= 0.3 is 5.97 Å². The monoisotopic (exact) mass is 630 g/mol. The van der Waals surface area contributed by atoms with Crippen LogP contribution in [0.3, 0.4) is 0 Å². The number of carbonyl (C=O) groups is 6. The average Bonchev–Trinajstić information content (AvgIpc) is 3.46. The molecule has 0 saturated carbocycles. The minimum absolute atomic E-state index is 0.00238. The van der Waals surface area contributed by atoms with Crippen molar-refractivity contribution >= 4 is 41.5 Å². The van der Waals surface area contributed by atoms with E-state index in [-0.39, 0.29) is 44.1 Å². The molecule has 16 heteroatoms. The molecule has 0 bridgehead atoms. The zero-order valence-electron chi connectivity index (χ0n) is 25.3. The highest BCUT2D eigenvalue weighted by Crippen LogP contribution is 2.21. The van der Waals surface area contributed by atoms with Crippen molar-refractivity contribution in [3.63, 3.8) is 0 Å². The first-order valence-electron chi connectivity index (χ1n) is 14.8. The van der Waals surface area contributed by atoms with Gasteiger partial charge in [-0.05, 0) is 49.3 Å². The van der Waals surface area contributed by atoms with Gasteiger partial charge in [0.2, 0.25) is 29.5 Å². The summed E-state index contributed by atoms with van der Waals surface area (Å²) in [4.78, 5) is 84.7. The summed E-state index contributed by atoms with van der Waals surface area (Å²) in [5.74, 6) is -5.61. The normalized spacial score (nSPS) is 24.8. The standard InChI is InChI=1S/C29H42N8O8/c1-15(2)23-27(44)35-19(13-16-7-9-17(38)10-8-16)24(41)33-18(5-3-11-32-29(30)31)28(45)37-12-4-6-21(37)26(43)34-20(14-22(39)40)25(42)36-23/h7-10,15,18-21,23,38H,3-6,11-14H2,1-2H3,(H,33,41)(H,34,43)(H,35,44)(H,36,42)(H,39,40)(H4,30,31,32)/t18-,19-,20-,21-,23+/m0/s1. The van der Waals surface area contributed by atoms with E-state index in [1.807, 2.05) is 0 Å². The molecular formula is C29H42N8O8. The topological polar surface area (TPSA) is 259 Å². The second-order valence-electron chi connectivity index (χ2n) is 11.5. The Morgan fingerprint density at radius 2 is 1.56 bits per heavy atom. The number of nitrogens with one attached hydrogen (secondary N) is 4. The molecule has 10 N–H and O–H groups in total. The van der Waals surface area contributed by atoms with Gasteiger partial charge in [-0.3, -0.25) is 33.8 Å². The highest BCUT2D eigenvalue weighted by molar-refractivity contribution is 5.99. The fourth-order valence-electron chi connectivity index (χ4n) is 5.32. The Kier molecular flexibility index (Phi) is 12.1. The summed E-state index contributed by atoms with van der Waals surface area (Å²) in [6.07, 6.45) is 0.321. The number of fused-ring (bicyclic) bond motifs is 1. The summed E-state index contributed by atoms with van der Waals surface area (Å²) >= 11 is 0. The highest BCUT2D eigenvalue weighted by Gasteiger charge is 2.41. The van der Waals surface area contributed by atoms with Crippen LogP contribution in [0.4, 0.5) is 0 Å². The summed E-state index contributed by atoms with van der Waals surface area (Å²) in [5, 5.41) is 29.6. The maximum absolute atomic E-state index is 13.9. The summed E-state index contributed by atoms with van der Waals surface area (Å²) in [5.41, 5.74) is 11.4. The maximum atomic E-state index is 13.9. The molecular weight excluding hydrogens is 588 g/mol. The number of rotatable bonds is 9. The number of hydrogen-bond acceptors (Lipinski definition) is 8. The fourth-order valence-corrected chi connectivity index (χ4v) is 5.32. The summed E-state index contributed by atoms with van der Waals surface area (Å²) in [6.45, 7) is 3.66. The lowest BCUT2D eigenvalue weighted by atomic mass is 10.00. The number of aliphatic imine (C=N–C) groups is 1. The summed E-state index contributed by atoms with van der Waals surface area (Å²) in [7, 11) is 0. The first-order chi connectivity index (χ1) is 21.3. The van der Waals surface area contributed by atoms with E-state index < -0.39 is 78.1 Å². The van der Waals surface area contributed by atoms with Gasteiger partial charge in [0, 0.05) is 19.5 Å². The molecule has 2 fully saturated rings. The zero-order valence-corrected chi connectivity index (χ0v) is 25.3. The zero-order chi connectivity index (χ0) is 33.3. The van der Waals surface area contributed by atoms with E-state index in [0.717, 1.165) is 0 Å². The lowest BCUT2D eigenvalue weighted by Crippen LogP contribution is -2.59. The highest BCUT2D eigenvalue weighted by atomic mass is 16.4. The number of phenols is 1. The molecule has 0 spiro atoms. The SMILES string of the molecule is CC(C)[C@H]1NC(=O)[C@H](CC(=O)O)NC(=O)[C@@H]2CCCN2C(=O)[C@H](CCCN=C(N)N)NC(=O)[C@H](Cc2ccc(O)cc2)NC1=O. The Labute approximate surface area is 260 Å². The largest absolute Gasteiger partial charge is 0.508 e. The van der Waals surface area contributed by atoms with Gasteiger partial charge < -0.3 is 47.8 Å². The number of nitrogens with two attached hydrogens (primary N) is 2. The number of carboxylic acids is 1. The number of carboxylic acid groups (broad SMARTS) is 1. The predicted octanol–water partition coefficient (Wildman–Crippen LogP) is -1.94. The van der Waals surface area contributed by atoms with Crippen LogP contribution < -0.4 is 32.7 Å². The molecule has 5 amide bonds. The van der Waals surface area contributed by atoms with E-state index in [2.05, 4.69) is 26.3 Å². The van der Waals surface area contributed by atoms with Crippen molar-refractivity contribution in [3.8, 4) is 5.75 Å². The molecule has 3 rings (SSSR count). The van der Waals surface area contributed by atoms with Crippen LogP contribution in [0.2, 0.25) is 0 Å². The van der Waals surface area contributed by atoms with Crippen molar-refractivity contribution in [3.05, 3.63) is 29.8 Å². The molecule has 5 atom stereocenters. The van der Waals surface area contributed by atoms with Crippen LogP contribution in [-0.2, 0) is 35.2 Å². The van der Waals surface area contributed by atoms with Crippen molar-refractivity contribution in [1.82, 2.24) is 26.2 Å². The Morgan fingerprint density at radius 1 is 0.933 bits per heavy atom. The number of aliphatic carboxylic acids is 1. The van der Waals surface area contributed by atoms with E-state index in [9.17, 15) is 39.0 Å². The van der Waals surface area contributed by atoms with Crippen LogP contribution >= 0.6 is 0 Å². The molecule has 1 aromatic rings. The molecule has 0 aromatic heterocycles. The summed E-state index contributed by atoms with van der Waals surface area (Å²) < 4.78 is 0. The third-order valence-corrected chi connectivity index (χ3v) is 7.67. The quantitative estimate of drug-likeness (QED) is 0.0850. The molecule has 0 unspecified atom stereocenters. The number of guanidine groups is 1. The second kappa shape index (κ2) is 15.7. The van der Waals surface area contributed by atoms with Gasteiger partial charge in [0.1, 0.15) is 36.0 Å². The van der Waals surface area contributed by atoms with E-state index >= 15 is 0 Å². The van der Waals surface area contributed by atoms with Gasteiger partial charge in [-0.25, -0.2) is 0 Å². The number of hydrogen-bond donors (Lipinski definition) is 8. The van der Waals surface area contributed by atoms with Gasteiger partial charge in [0.05, 0.1) is 6.42 Å². The molecule has 2 heterocycles. The molecule has 2 saturated heterocycles. The summed E-state index contributed by atoms with van der Waals surface area (Å²) in [6, 6.07) is -0.0946. The van der Waals surface area contributed by atoms with Gasteiger partial charge in [-0.15, -0.1) is 0 Å². The molecule has 246 valence electrons. The smallest absolute Gasteiger partial charge is 0.305 e. The van der Waals surface area contributed by atoms with Crippen molar-refractivity contribution in [1.29, 1.82) is 0 Å². The van der Waals surface area contributed by atoms with Gasteiger partial charge in [-0.2, -0.15) is 0 Å². The number of benzene rings is 1. The van der Waals surface area contributed by atoms with E-state index in [1.165, 1.54) is 17.0 Å². The van der Waals surface area contributed by atoms with E-state index in [0.29, 0.717) is 18.4 Å². The van der Waals surface area contributed by atoms with Crippen LogP contribution in [0.15, 0.2) is 29.3 Å². The molecule has 1 aromatic carbocycles. The number of amides is 5. The minimum Gasteiger partial charge on any atom is -0.508 e. The molecule has 0 radical (unpaired) electrons. The number of phenolic OH excluding ortho intramolecular Hbond substituents is 1. The molecule has 16 nitrogen and oxygen atoms in total. The van der Waals surface area contributed by atoms with Crippen LogP contribution in [0.1, 0.15) is 51.5 Å². The number of nitrogens with zero attached hydrogens (tertiary/aromatic N) is 2. The number of carbonyl (C=O) groups excluding carboxylic acids is 5. The Morgan fingerprint density at radius 3 is 2.18 bits per heavy atom. The second-order valence-corrected chi connectivity index (χ2v) is 11.5. The third kappa shape index (κ3) is 9.81. The van der Waals surface area contributed by atoms with E-state index in [1.54, 1.807) is 26.0 Å². The fraction of sp³-hybridized carbons (Fsp3) is 0.552. The van der Waals surface area contributed by atoms with E-state index in [4.69, 9.17) is 11.5 Å². The van der Waals surface area contributed by atoms with Crippen molar-refractivity contribution in [2.45, 2.75) is 82.6 Å². The first-order valence-corrected chi connectivity index (χ1v) is 14.8. The van der Waals surface area contributed by atoms with Crippen LogP contribution in [0.25, 0.3) is 0 Å². The molecule has 2 aliphatic rings. The lowest BCUT2D eigenvalue weighted by Gasteiger charge is -2.30. The van der Waals surface area contributed by atoms with Gasteiger partial charge in [0.15, 0.2) is 5.96 Å². The predicted molar refractivity (Wildman–Crippen MR) is 161 cm³/mol. The van der Waals surface area contributed by atoms with Crippen LogP contribution in [-0.4, -0.2) is 99.9 Å². The molecule has 45 heavy (non-hydrogen) atoms. The van der Waals surface area contributed by atoms with Crippen LogP contribution in [0.5, 0.6) is 5.75 Å². The molecule has 0 aliphatic carbocycles. The van der Waals surface area contributed by atoms with Gasteiger partial charge in [0.25, 0.3) is 0 Å². The Hall–Kier alpha value is -4.89. The average molecular weight is 631 g/mol. The third-order valence-electron chi connectivity index (χ3n) is 7.67. The lowest BCUT2D eigenvalue weighted by molar-refractivity contribution is -0.144. The Balaban J connectivity index is 2.05. The Bertz CT molecular complexity index is 1300. The van der Waals surface area contributed by atoms with Crippen molar-refractivity contribution in [2.75, 3.05) is 13.1 Å². The first kappa shape index (κ1) is 34.6. The number of aromatic hydroxyl groups is 1.